The Hall–Kier alpha value is -2.99. The number of amides is 1. The molecule has 2 heterocycles. The first kappa shape index (κ1) is 16.9. The van der Waals surface area contributed by atoms with Gasteiger partial charge in [-0.15, -0.1) is 0 Å². The molecule has 0 aliphatic heterocycles. The Morgan fingerprint density at radius 1 is 1.20 bits per heavy atom. The standard InChI is InChI=1S/C19H18FN3O2/c1-19(25,15-5-7-16(20)8-6-15)13-22-18(24)14-4-9-17(21-12-14)23-10-2-3-11-23/h2-12,25H,13H2,1H3,(H,22,24). The van der Waals surface area contributed by atoms with Crippen molar-refractivity contribution in [1.82, 2.24) is 14.9 Å². The highest BCUT2D eigenvalue weighted by Crippen LogP contribution is 2.20. The summed E-state index contributed by atoms with van der Waals surface area (Å²) in [6, 6.07) is 12.7. The topological polar surface area (TPSA) is 67.2 Å². The molecule has 1 amide bonds. The molecule has 25 heavy (non-hydrogen) atoms. The van der Waals surface area contributed by atoms with Gasteiger partial charge in [-0.3, -0.25) is 4.79 Å². The molecule has 1 aromatic carbocycles. The molecule has 6 heteroatoms. The molecular weight excluding hydrogens is 321 g/mol. The highest BCUT2D eigenvalue weighted by Gasteiger charge is 2.24. The van der Waals surface area contributed by atoms with Gasteiger partial charge in [0.15, 0.2) is 0 Å². The number of benzene rings is 1. The van der Waals surface area contributed by atoms with E-state index in [1.54, 1.807) is 19.1 Å². The van der Waals surface area contributed by atoms with Crippen LogP contribution in [0.4, 0.5) is 4.39 Å². The van der Waals surface area contributed by atoms with Gasteiger partial charge in [-0.1, -0.05) is 12.1 Å². The molecule has 0 fully saturated rings. The Balaban J connectivity index is 1.65. The summed E-state index contributed by atoms with van der Waals surface area (Å²) >= 11 is 0. The van der Waals surface area contributed by atoms with Gasteiger partial charge in [0.05, 0.1) is 12.1 Å². The molecule has 2 N–H and O–H groups in total. The van der Waals surface area contributed by atoms with Crippen molar-refractivity contribution in [2.45, 2.75) is 12.5 Å². The summed E-state index contributed by atoms with van der Waals surface area (Å²) in [7, 11) is 0. The molecule has 0 spiro atoms. The van der Waals surface area contributed by atoms with Crippen LogP contribution in [0.5, 0.6) is 0 Å². The predicted molar refractivity (Wildman–Crippen MR) is 91.9 cm³/mol. The molecule has 2 aromatic heterocycles. The number of aromatic nitrogens is 2. The third-order valence-electron chi connectivity index (χ3n) is 3.94. The lowest BCUT2D eigenvalue weighted by Crippen LogP contribution is -2.38. The molecule has 128 valence electrons. The van der Waals surface area contributed by atoms with Crippen molar-refractivity contribution < 1.29 is 14.3 Å². The zero-order chi connectivity index (χ0) is 17.9. The van der Waals surface area contributed by atoms with Crippen LogP contribution in [0.1, 0.15) is 22.8 Å². The highest BCUT2D eigenvalue weighted by atomic mass is 19.1. The smallest absolute Gasteiger partial charge is 0.252 e. The Morgan fingerprint density at radius 2 is 1.88 bits per heavy atom. The van der Waals surface area contributed by atoms with Gasteiger partial charge in [-0.2, -0.15) is 0 Å². The van der Waals surface area contributed by atoms with Crippen LogP contribution in [0.3, 0.4) is 0 Å². The van der Waals surface area contributed by atoms with E-state index in [9.17, 15) is 14.3 Å². The van der Waals surface area contributed by atoms with Crippen molar-refractivity contribution >= 4 is 5.91 Å². The number of carbonyl (C=O) groups is 1. The van der Waals surface area contributed by atoms with Crippen molar-refractivity contribution in [2.75, 3.05) is 6.54 Å². The van der Waals surface area contributed by atoms with Crippen molar-refractivity contribution in [3.05, 3.63) is 84.1 Å². The first-order chi connectivity index (χ1) is 12.0. The number of pyridine rings is 1. The third-order valence-corrected chi connectivity index (χ3v) is 3.94. The van der Waals surface area contributed by atoms with Crippen LogP contribution in [0.25, 0.3) is 5.82 Å². The largest absolute Gasteiger partial charge is 0.384 e. The molecule has 0 saturated heterocycles. The number of rotatable bonds is 5. The molecule has 0 aliphatic carbocycles. The van der Waals surface area contributed by atoms with Gasteiger partial charge >= 0.3 is 0 Å². The maximum Gasteiger partial charge on any atom is 0.252 e. The van der Waals surface area contributed by atoms with E-state index in [1.807, 2.05) is 29.1 Å². The fourth-order valence-corrected chi connectivity index (χ4v) is 2.43. The lowest BCUT2D eigenvalue weighted by molar-refractivity contribution is 0.0526. The van der Waals surface area contributed by atoms with E-state index >= 15 is 0 Å². The van der Waals surface area contributed by atoms with E-state index < -0.39 is 5.60 Å². The quantitative estimate of drug-likeness (QED) is 0.751. The number of aliphatic hydroxyl groups is 1. The van der Waals surface area contributed by atoms with Crippen LogP contribution in [-0.4, -0.2) is 27.1 Å². The van der Waals surface area contributed by atoms with Crippen molar-refractivity contribution in [1.29, 1.82) is 0 Å². The van der Waals surface area contributed by atoms with Gasteiger partial charge in [0.2, 0.25) is 0 Å². The molecule has 0 radical (unpaired) electrons. The van der Waals surface area contributed by atoms with E-state index in [-0.39, 0.29) is 18.3 Å². The summed E-state index contributed by atoms with van der Waals surface area (Å²) in [4.78, 5) is 16.5. The first-order valence-corrected chi connectivity index (χ1v) is 7.82. The average Bonchev–Trinajstić information content (AvgIpc) is 3.15. The van der Waals surface area contributed by atoms with E-state index in [2.05, 4.69) is 10.3 Å². The Labute approximate surface area is 144 Å². The van der Waals surface area contributed by atoms with E-state index in [0.29, 0.717) is 16.9 Å². The number of hydrogen-bond acceptors (Lipinski definition) is 3. The summed E-state index contributed by atoms with van der Waals surface area (Å²) < 4.78 is 14.8. The van der Waals surface area contributed by atoms with Gasteiger partial charge in [-0.05, 0) is 48.9 Å². The van der Waals surface area contributed by atoms with E-state index in [1.165, 1.54) is 30.5 Å². The second kappa shape index (κ2) is 6.86. The Bertz CT molecular complexity index is 841. The van der Waals surface area contributed by atoms with Crippen LogP contribution in [-0.2, 0) is 5.60 Å². The summed E-state index contributed by atoms with van der Waals surface area (Å²) in [5.74, 6) is -0.00811. The number of carbonyl (C=O) groups excluding carboxylic acids is 1. The zero-order valence-corrected chi connectivity index (χ0v) is 13.7. The first-order valence-electron chi connectivity index (χ1n) is 7.82. The predicted octanol–water partition coefficient (Wildman–Crippen LogP) is 2.65. The lowest BCUT2D eigenvalue weighted by Gasteiger charge is -2.24. The minimum absolute atomic E-state index is 0.00316. The zero-order valence-electron chi connectivity index (χ0n) is 13.7. The molecular formula is C19H18FN3O2. The number of halogens is 1. The highest BCUT2D eigenvalue weighted by molar-refractivity contribution is 5.94. The molecule has 1 atom stereocenters. The monoisotopic (exact) mass is 339 g/mol. The Morgan fingerprint density at radius 3 is 2.48 bits per heavy atom. The van der Waals surface area contributed by atoms with Crippen LogP contribution in [0, 0.1) is 5.82 Å². The number of nitrogens with zero attached hydrogens (tertiary/aromatic N) is 2. The molecule has 3 rings (SSSR count). The van der Waals surface area contributed by atoms with E-state index in [0.717, 1.165) is 0 Å². The summed E-state index contributed by atoms with van der Waals surface area (Å²) in [6.07, 6.45) is 5.21. The van der Waals surface area contributed by atoms with Crippen LogP contribution < -0.4 is 5.32 Å². The average molecular weight is 339 g/mol. The summed E-state index contributed by atoms with van der Waals surface area (Å²) in [5.41, 5.74) is -0.386. The van der Waals surface area contributed by atoms with Crippen molar-refractivity contribution in [3.63, 3.8) is 0 Å². The van der Waals surface area contributed by atoms with Gasteiger partial charge in [-0.25, -0.2) is 9.37 Å². The molecule has 5 nitrogen and oxygen atoms in total. The molecule has 0 bridgehead atoms. The number of nitrogens with one attached hydrogen (secondary N) is 1. The van der Waals surface area contributed by atoms with Crippen molar-refractivity contribution in [3.8, 4) is 5.82 Å². The summed E-state index contributed by atoms with van der Waals surface area (Å²) in [5, 5.41) is 13.2. The SMILES string of the molecule is CC(O)(CNC(=O)c1ccc(-n2cccc2)nc1)c1ccc(F)cc1. The van der Waals surface area contributed by atoms with E-state index in [4.69, 9.17) is 0 Å². The molecule has 1 unspecified atom stereocenters. The normalized spacial score (nSPS) is 13.2. The van der Waals surface area contributed by atoms with Crippen molar-refractivity contribution in [2.24, 2.45) is 0 Å². The summed E-state index contributed by atoms with van der Waals surface area (Å²) in [6.45, 7) is 1.56. The van der Waals surface area contributed by atoms with Gasteiger partial charge < -0.3 is 15.0 Å². The second-order valence-electron chi connectivity index (χ2n) is 5.96. The molecule has 3 aromatic rings. The fraction of sp³-hybridized carbons (Fsp3) is 0.158. The second-order valence-corrected chi connectivity index (χ2v) is 5.96. The maximum absolute atomic E-state index is 13.0. The number of hydrogen-bond donors (Lipinski definition) is 2. The van der Waals surface area contributed by atoms with Crippen LogP contribution >= 0.6 is 0 Å². The molecule has 0 saturated carbocycles. The van der Waals surface area contributed by atoms with Gasteiger partial charge in [0.25, 0.3) is 5.91 Å². The minimum Gasteiger partial charge on any atom is -0.384 e. The Kier molecular flexibility index (Phi) is 4.63. The van der Waals surface area contributed by atoms with Crippen LogP contribution in [0.2, 0.25) is 0 Å². The fourth-order valence-electron chi connectivity index (χ4n) is 2.43. The minimum atomic E-state index is -1.30. The maximum atomic E-state index is 13.0. The lowest BCUT2D eigenvalue weighted by atomic mass is 9.96. The van der Waals surface area contributed by atoms with Gasteiger partial charge in [0, 0.05) is 18.6 Å². The van der Waals surface area contributed by atoms with Crippen LogP contribution in [0.15, 0.2) is 67.1 Å². The van der Waals surface area contributed by atoms with Gasteiger partial charge in [0.1, 0.15) is 17.2 Å². The third kappa shape index (κ3) is 3.92. The molecule has 0 aliphatic rings.